The highest BCUT2D eigenvalue weighted by atomic mass is 16.5. The predicted octanol–water partition coefficient (Wildman–Crippen LogP) is 1.31. The normalized spacial score (nSPS) is 17.7. The van der Waals surface area contributed by atoms with Gasteiger partial charge in [0.05, 0.1) is 17.9 Å². The second-order valence-electron chi connectivity index (χ2n) is 6.03. The quantitative estimate of drug-likeness (QED) is 0.860. The summed E-state index contributed by atoms with van der Waals surface area (Å²) >= 11 is 0. The number of carbonyl (C=O) groups excluding carboxylic acids is 1. The number of rotatable bonds is 5. The summed E-state index contributed by atoms with van der Waals surface area (Å²) in [6.07, 6.45) is 4.77. The van der Waals surface area contributed by atoms with E-state index in [0.29, 0.717) is 42.5 Å². The molecule has 1 unspecified atom stereocenters. The van der Waals surface area contributed by atoms with E-state index in [9.17, 15) is 4.79 Å². The number of nitrogens with zero attached hydrogens (tertiary/aromatic N) is 5. The van der Waals surface area contributed by atoms with E-state index in [-0.39, 0.29) is 17.9 Å². The number of aromatic nitrogens is 4. The molecule has 1 fully saturated rings. The maximum Gasteiger partial charge on any atom is 0.257 e. The number of hydrogen-bond donors (Lipinski definition) is 1. The van der Waals surface area contributed by atoms with Gasteiger partial charge in [0.2, 0.25) is 11.8 Å². The third-order valence-electron chi connectivity index (χ3n) is 4.29. The molecule has 1 aliphatic rings. The molecule has 0 spiro atoms. The molecule has 3 heterocycles. The van der Waals surface area contributed by atoms with E-state index in [1.54, 1.807) is 18.9 Å². The van der Waals surface area contributed by atoms with Crippen LogP contribution < -0.4 is 5.73 Å². The van der Waals surface area contributed by atoms with Crippen LogP contribution in [0.3, 0.4) is 0 Å². The minimum Gasteiger partial charge on any atom is -0.384 e. The van der Waals surface area contributed by atoms with Crippen LogP contribution in [0.15, 0.2) is 10.7 Å². The van der Waals surface area contributed by atoms with Crippen molar-refractivity contribution in [2.45, 2.75) is 38.6 Å². The minimum absolute atomic E-state index is 0.140. The molecule has 0 bridgehead atoms. The Hall–Kier alpha value is -2.55. The minimum atomic E-state index is -0.234. The van der Waals surface area contributed by atoms with Crippen molar-refractivity contribution in [2.75, 3.05) is 26.0 Å². The second kappa shape index (κ2) is 7.56. The largest absolute Gasteiger partial charge is 0.384 e. The smallest absolute Gasteiger partial charge is 0.257 e. The Morgan fingerprint density at radius 2 is 2.28 bits per heavy atom. The summed E-state index contributed by atoms with van der Waals surface area (Å²) in [5.41, 5.74) is 6.58. The van der Waals surface area contributed by atoms with E-state index < -0.39 is 0 Å². The molecule has 1 saturated heterocycles. The zero-order valence-electron chi connectivity index (χ0n) is 14.4. The van der Waals surface area contributed by atoms with Crippen molar-refractivity contribution < 1.29 is 14.1 Å². The van der Waals surface area contributed by atoms with Crippen molar-refractivity contribution in [2.24, 2.45) is 0 Å². The number of nitrogens with two attached hydrogens (primary N) is 1. The van der Waals surface area contributed by atoms with Gasteiger partial charge in [0, 0.05) is 26.3 Å². The molecule has 2 aromatic rings. The number of ether oxygens (including phenoxy) is 1. The fourth-order valence-corrected chi connectivity index (χ4v) is 2.98. The van der Waals surface area contributed by atoms with Crippen LogP contribution in [0.2, 0.25) is 0 Å². The molecule has 1 amide bonds. The Bertz CT molecular complexity index is 747. The molecule has 0 radical (unpaired) electrons. The van der Waals surface area contributed by atoms with Crippen molar-refractivity contribution in [1.82, 2.24) is 25.0 Å². The number of anilines is 1. The maximum atomic E-state index is 13.0. The molecule has 134 valence electrons. The van der Waals surface area contributed by atoms with Gasteiger partial charge in [-0.05, 0) is 26.2 Å². The van der Waals surface area contributed by atoms with Gasteiger partial charge >= 0.3 is 0 Å². The van der Waals surface area contributed by atoms with Gasteiger partial charge in [-0.3, -0.25) is 4.79 Å². The topological polar surface area (TPSA) is 120 Å². The van der Waals surface area contributed by atoms with Crippen LogP contribution in [0, 0.1) is 6.92 Å². The van der Waals surface area contributed by atoms with Gasteiger partial charge in [0.1, 0.15) is 6.04 Å². The van der Waals surface area contributed by atoms with Crippen molar-refractivity contribution in [1.29, 1.82) is 0 Å². The van der Waals surface area contributed by atoms with Gasteiger partial charge in [-0.15, -0.1) is 0 Å². The van der Waals surface area contributed by atoms with Crippen LogP contribution in [-0.4, -0.2) is 51.2 Å². The van der Waals surface area contributed by atoms with E-state index in [1.165, 1.54) is 6.20 Å². The monoisotopic (exact) mass is 346 g/mol. The summed E-state index contributed by atoms with van der Waals surface area (Å²) in [4.78, 5) is 27.2. The standard InChI is InChI=1S/C16H22N6O3/c1-10-11(9-18-16(17)19-10)15(23)22-7-4-3-5-12(22)14-20-13(21-25-14)6-8-24-2/h9,12H,3-8H2,1-2H3,(H2,17,18,19). The number of carbonyl (C=O) groups is 1. The summed E-state index contributed by atoms with van der Waals surface area (Å²) in [6.45, 7) is 2.90. The second-order valence-corrected chi connectivity index (χ2v) is 6.03. The molecule has 0 aromatic carbocycles. The van der Waals surface area contributed by atoms with Crippen molar-refractivity contribution in [3.8, 4) is 0 Å². The third-order valence-corrected chi connectivity index (χ3v) is 4.29. The van der Waals surface area contributed by atoms with Crippen LogP contribution in [-0.2, 0) is 11.2 Å². The molecular formula is C16H22N6O3. The van der Waals surface area contributed by atoms with Gasteiger partial charge in [-0.25, -0.2) is 9.97 Å². The van der Waals surface area contributed by atoms with Crippen LogP contribution >= 0.6 is 0 Å². The van der Waals surface area contributed by atoms with E-state index >= 15 is 0 Å². The summed E-state index contributed by atoms with van der Waals surface area (Å²) < 4.78 is 10.4. The molecular weight excluding hydrogens is 324 g/mol. The lowest BCUT2D eigenvalue weighted by atomic mass is 10.0. The first-order valence-electron chi connectivity index (χ1n) is 8.31. The van der Waals surface area contributed by atoms with Gasteiger partial charge in [0.15, 0.2) is 5.82 Å². The zero-order valence-corrected chi connectivity index (χ0v) is 14.4. The Balaban J connectivity index is 1.83. The molecule has 25 heavy (non-hydrogen) atoms. The number of methoxy groups -OCH3 is 1. The van der Waals surface area contributed by atoms with Crippen LogP contribution in [0.4, 0.5) is 5.95 Å². The van der Waals surface area contributed by atoms with E-state index in [1.807, 2.05) is 0 Å². The maximum absolute atomic E-state index is 13.0. The van der Waals surface area contributed by atoms with E-state index in [2.05, 4.69) is 20.1 Å². The van der Waals surface area contributed by atoms with E-state index in [0.717, 1.165) is 19.3 Å². The fraction of sp³-hybridized carbons (Fsp3) is 0.562. The molecule has 2 N–H and O–H groups in total. The Morgan fingerprint density at radius 1 is 1.44 bits per heavy atom. The third kappa shape index (κ3) is 3.76. The first-order valence-corrected chi connectivity index (χ1v) is 8.31. The molecule has 3 rings (SSSR count). The first-order chi connectivity index (χ1) is 12.1. The fourth-order valence-electron chi connectivity index (χ4n) is 2.98. The van der Waals surface area contributed by atoms with Gasteiger partial charge in [-0.1, -0.05) is 5.16 Å². The molecule has 0 aliphatic carbocycles. The zero-order chi connectivity index (χ0) is 17.8. The van der Waals surface area contributed by atoms with Crippen LogP contribution in [0.1, 0.15) is 53.1 Å². The Morgan fingerprint density at radius 3 is 3.04 bits per heavy atom. The number of likely N-dealkylation sites (tertiary alicyclic amines) is 1. The summed E-state index contributed by atoms with van der Waals surface area (Å²) in [6, 6.07) is -0.234. The lowest BCUT2D eigenvalue weighted by Crippen LogP contribution is -2.39. The molecule has 1 atom stereocenters. The highest BCUT2D eigenvalue weighted by Gasteiger charge is 2.33. The van der Waals surface area contributed by atoms with Crippen molar-refractivity contribution in [3.05, 3.63) is 29.2 Å². The summed E-state index contributed by atoms with van der Waals surface area (Å²) in [5.74, 6) is 1.07. The molecule has 9 heteroatoms. The molecule has 0 saturated carbocycles. The van der Waals surface area contributed by atoms with E-state index in [4.69, 9.17) is 15.0 Å². The molecule has 1 aliphatic heterocycles. The van der Waals surface area contributed by atoms with Crippen molar-refractivity contribution in [3.63, 3.8) is 0 Å². The summed E-state index contributed by atoms with van der Waals surface area (Å²) in [7, 11) is 1.62. The lowest BCUT2D eigenvalue weighted by molar-refractivity contribution is 0.0559. The van der Waals surface area contributed by atoms with Crippen LogP contribution in [0.25, 0.3) is 0 Å². The lowest BCUT2D eigenvalue weighted by Gasteiger charge is -2.33. The van der Waals surface area contributed by atoms with Crippen LogP contribution in [0.5, 0.6) is 0 Å². The predicted molar refractivity (Wildman–Crippen MR) is 88.7 cm³/mol. The highest BCUT2D eigenvalue weighted by molar-refractivity contribution is 5.95. The highest BCUT2D eigenvalue weighted by Crippen LogP contribution is 2.31. The first kappa shape index (κ1) is 17.3. The average Bonchev–Trinajstić information content (AvgIpc) is 3.08. The number of aryl methyl sites for hydroxylation is 1. The molecule has 2 aromatic heterocycles. The van der Waals surface area contributed by atoms with Gasteiger partial charge < -0.3 is 19.9 Å². The SMILES string of the molecule is COCCc1noc(C2CCCCN2C(=O)c2cnc(N)nc2C)n1. The number of nitrogen functional groups attached to an aromatic ring is 1. The number of piperidine rings is 1. The average molecular weight is 346 g/mol. The number of hydrogen-bond acceptors (Lipinski definition) is 8. The Labute approximate surface area is 145 Å². The molecule has 9 nitrogen and oxygen atoms in total. The van der Waals surface area contributed by atoms with Crippen molar-refractivity contribution >= 4 is 11.9 Å². The number of amides is 1. The van der Waals surface area contributed by atoms with Gasteiger partial charge in [-0.2, -0.15) is 4.98 Å². The summed E-state index contributed by atoms with van der Waals surface area (Å²) in [5, 5.41) is 3.98. The van der Waals surface area contributed by atoms with Gasteiger partial charge in [0.25, 0.3) is 5.91 Å². The Kier molecular flexibility index (Phi) is 5.22.